The molecule has 0 aliphatic heterocycles. The molecule has 0 aromatic rings. The van der Waals surface area contributed by atoms with E-state index >= 15 is 0 Å². The summed E-state index contributed by atoms with van der Waals surface area (Å²) in [6, 6.07) is -0.718. The number of hydrogen-bond acceptors (Lipinski definition) is 2. The van der Waals surface area contributed by atoms with Crippen molar-refractivity contribution >= 4 is 11.9 Å². The van der Waals surface area contributed by atoms with Gasteiger partial charge >= 0.3 is 5.97 Å². The second-order valence-corrected chi connectivity index (χ2v) is 3.00. The maximum absolute atomic E-state index is 11.1. The highest BCUT2D eigenvalue weighted by atomic mass is 16.4. The first kappa shape index (κ1) is 11.9. The largest absolute Gasteiger partial charge is 0.480 e. The van der Waals surface area contributed by atoms with E-state index in [2.05, 4.69) is 5.32 Å². The molecule has 0 unspecified atom stereocenters. The molecule has 0 aromatic carbocycles. The molecule has 0 aromatic heterocycles. The normalized spacial score (nSPS) is 12.2. The second-order valence-electron chi connectivity index (χ2n) is 3.00. The van der Waals surface area contributed by atoms with Gasteiger partial charge in [-0.1, -0.05) is 20.3 Å². The molecule has 76 valence electrons. The van der Waals surface area contributed by atoms with Gasteiger partial charge in [0.1, 0.15) is 6.04 Å². The summed E-state index contributed by atoms with van der Waals surface area (Å²) in [5.41, 5.74) is 0. The fourth-order valence-electron chi connectivity index (χ4n) is 1.04. The maximum Gasteiger partial charge on any atom is 0.326 e. The molecule has 0 bridgehead atoms. The molecule has 4 nitrogen and oxygen atoms in total. The predicted octanol–water partition coefficient (Wildman–Crippen LogP) is 1.16. The first-order valence-corrected chi connectivity index (χ1v) is 4.64. The molecule has 2 N–H and O–H groups in total. The van der Waals surface area contributed by atoms with E-state index < -0.39 is 12.0 Å². The zero-order valence-electron chi connectivity index (χ0n) is 8.17. The summed E-state index contributed by atoms with van der Waals surface area (Å²) in [7, 11) is 0. The highest BCUT2D eigenvalue weighted by molar-refractivity contribution is 5.83. The van der Waals surface area contributed by atoms with Crippen molar-refractivity contribution in [3.63, 3.8) is 0 Å². The van der Waals surface area contributed by atoms with E-state index in [9.17, 15) is 9.59 Å². The van der Waals surface area contributed by atoms with Crippen LogP contribution in [0.25, 0.3) is 0 Å². The molecule has 0 heterocycles. The Balaban J connectivity index is 3.94. The van der Waals surface area contributed by atoms with Crippen LogP contribution in [0.1, 0.15) is 39.5 Å². The number of carbonyl (C=O) groups is 2. The van der Waals surface area contributed by atoms with Crippen molar-refractivity contribution < 1.29 is 14.7 Å². The average molecular weight is 187 g/mol. The molecule has 0 saturated carbocycles. The summed E-state index contributed by atoms with van der Waals surface area (Å²) < 4.78 is 0. The molecule has 0 spiro atoms. The quantitative estimate of drug-likeness (QED) is 0.655. The van der Waals surface area contributed by atoms with Gasteiger partial charge in [0.2, 0.25) is 5.91 Å². The van der Waals surface area contributed by atoms with Gasteiger partial charge in [0.25, 0.3) is 0 Å². The third kappa shape index (κ3) is 5.22. The summed E-state index contributed by atoms with van der Waals surface area (Å²) in [6.45, 7) is 3.77. The number of rotatable bonds is 6. The molecule has 0 rings (SSSR count). The van der Waals surface area contributed by atoms with Crippen LogP contribution in [0.3, 0.4) is 0 Å². The number of nitrogens with one attached hydrogen (secondary N) is 1. The van der Waals surface area contributed by atoms with E-state index in [1.165, 1.54) is 0 Å². The summed E-state index contributed by atoms with van der Waals surface area (Å²) in [6.07, 6.45) is 2.38. The lowest BCUT2D eigenvalue weighted by Crippen LogP contribution is -2.40. The Morgan fingerprint density at radius 1 is 1.31 bits per heavy atom. The van der Waals surface area contributed by atoms with Crippen LogP contribution in [0.5, 0.6) is 0 Å². The van der Waals surface area contributed by atoms with Crippen LogP contribution < -0.4 is 5.32 Å². The lowest BCUT2D eigenvalue weighted by molar-refractivity contribution is -0.142. The molecule has 0 aliphatic carbocycles. The second kappa shape index (κ2) is 6.46. The van der Waals surface area contributed by atoms with Gasteiger partial charge in [-0.2, -0.15) is 0 Å². The minimum atomic E-state index is -0.952. The van der Waals surface area contributed by atoms with Crippen LogP contribution in [0.4, 0.5) is 0 Å². The summed E-state index contributed by atoms with van der Waals surface area (Å²) in [5.74, 6) is -1.13. The van der Waals surface area contributed by atoms with Crippen LogP contribution >= 0.6 is 0 Å². The van der Waals surface area contributed by atoms with Gasteiger partial charge in [0.05, 0.1) is 0 Å². The van der Waals surface area contributed by atoms with Crippen molar-refractivity contribution in [3.05, 3.63) is 0 Å². The summed E-state index contributed by atoms with van der Waals surface area (Å²) in [4.78, 5) is 21.7. The van der Waals surface area contributed by atoms with Crippen molar-refractivity contribution in [1.82, 2.24) is 5.32 Å². The van der Waals surface area contributed by atoms with Gasteiger partial charge < -0.3 is 10.4 Å². The Morgan fingerprint density at radius 2 is 1.92 bits per heavy atom. The minimum absolute atomic E-state index is 0.177. The highest BCUT2D eigenvalue weighted by Crippen LogP contribution is 1.98. The van der Waals surface area contributed by atoms with Gasteiger partial charge in [0, 0.05) is 6.42 Å². The number of amides is 1. The third-order valence-corrected chi connectivity index (χ3v) is 1.69. The van der Waals surface area contributed by atoms with Gasteiger partial charge in [0.15, 0.2) is 0 Å². The molecule has 0 radical (unpaired) electrons. The fraction of sp³-hybridized carbons (Fsp3) is 0.778. The van der Waals surface area contributed by atoms with Crippen molar-refractivity contribution in [2.75, 3.05) is 0 Å². The van der Waals surface area contributed by atoms with Crippen LogP contribution in [-0.2, 0) is 9.59 Å². The fourth-order valence-corrected chi connectivity index (χ4v) is 1.04. The Labute approximate surface area is 78.3 Å². The first-order valence-electron chi connectivity index (χ1n) is 4.64. The molecular weight excluding hydrogens is 170 g/mol. The van der Waals surface area contributed by atoms with Crippen molar-refractivity contribution in [2.45, 2.75) is 45.6 Å². The zero-order valence-corrected chi connectivity index (χ0v) is 8.17. The molecule has 1 atom stereocenters. The minimum Gasteiger partial charge on any atom is -0.480 e. The van der Waals surface area contributed by atoms with Crippen LogP contribution in [0, 0.1) is 0 Å². The Bertz CT molecular complexity index is 180. The van der Waals surface area contributed by atoms with Gasteiger partial charge in [-0.3, -0.25) is 4.79 Å². The molecule has 0 fully saturated rings. The van der Waals surface area contributed by atoms with Gasteiger partial charge in [-0.05, 0) is 12.8 Å². The van der Waals surface area contributed by atoms with Gasteiger partial charge in [-0.15, -0.1) is 0 Å². The number of aliphatic carboxylic acids is 1. The monoisotopic (exact) mass is 187 g/mol. The van der Waals surface area contributed by atoms with E-state index in [0.717, 1.165) is 12.8 Å². The Kier molecular flexibility index (Phi) is 5.93. The summed E-state index contributed by atoms with van der Waals surface area (Å²) in [5, 5.41) is 11.2. The number of hydrogen-bond donors (Lipinski definition) is 2. The first-order chi connectivity index (χ1) is 6.11. The van der Waals surface area contributed by atoms with E-state index in [1.807, 2.05) is 13.8 Å². The van der Waals surface area contributed by atoms with Crippen LogP contribution in [0.15, 0.2) is 0 Å². The number of carboxylic acids is 1. The molecule has 0 aliphatic rings. The number of carbonyl (C=O) groups excluding carboxylic acids is 1. The maximum atomic E-state index is 11.1. The van der Waals surface area contributed by atoms with Gasteiger partial charge in [-0.25, -0.2) is 4.79 Å². The Morgan fingerprint density at radius 3 is 2.31 bits per heavy atom. The number of carboxylic acid groups (broad SMARTS) is 1. The van der Waals surface area contributed by atoms with E-state index in [-0.39, 0.29) is 5.91 Å². The topological polar surface area (TPSA) is 66.4 Å². The lowest BCUT2D eigenvalue weighted by Gasteiger charge is -2.12. The highest BCUT2D eigenvalue weighted by Gasteiger charge is 2.17. The van der Waals surface area contributed by atoms with Crippen molar-refractivity contribution in [2.24, 2.45) is 0 Å². The summed E-state index contributed by atoms with van der Waals surface area (Å²) >= 11 is 0. The molecular formula is C9H17NO3. The van der Waals surface area contributed by atoms with E-state index in [0.29, 0.717) is 12.8 Å². The Hall–Kier alpha value is -1.06. The molecule has 4 heteroatoms. The standard InChI is InChI=1S/C9H17NO3/c1-3-5-7(9(12)13)10-8(11)6-4-2/h7H,3-6H2,1-2H3,(H,10,11)(H,12,13)/t7-/m1/s1. The predicted molar refractivity (Wildman–Crippen MR) is 49.4 cm³/mol. The van der Waals surface area contributed by atoms with Crippen molar-refractivity contribution in [1.29, 1.82) is 0 Å². The molecule has 0 saturated heterocycles. The van der Waals surface area contributed by atoms with Crippen LogP contribution in [-0.4, -0.2) is 23.0 Å². The smallest absolute Gasteiger partial charge is 0.326 e. The molecule has 13 heavy (non-hydrogen) atoms. The van der Waals surface area contributed by atoms with E-state index in [1.54, 1.807) is 0 Å². The molecule has 1 amide bonds. The third-order valence-electron chi connectivity index (χ3n) is 1.69. The lowest BCUT2D eigenvalue weighted by atomic mass is 10.1. The van der Waals surface area contributed by atoms with E-state index in [4.69, 9.17) is 5.11 Å². The van der Waals surface area contributed by atoms with Crippen molar-refractivity contribution in [3.8, 4) is 0 Å². The average Bonchev–Trinajstić information content (AvgIpc) is 2.04. The zero-order chi connectivity index (χ0) is 10.3. The van der Waals surface area contributed by atoms with Crippen LogP contribution in [0.2, 0.25) is 0 Å². The SMILES string of the molecule is CCCC(=O)N[C@H](CCC)C(=O)O.